The first-order chi connectivity index (χ1) is 27.3. The largest absolute Gasteiger partial charge is 0.481 e. The molecule has 4 aromatic rings. The molecule has 304 valence electrons. The van der Waals surface area contributed by atoms with Crippen LogP contribution < -0.4 is 44.2 Å². The molecular formula is C40H52N10O7. The Hall–Kier alpha value is -6.49. The molecule has 0 spiro atoms. The number of aliphatic imine (C=N–C) groups is 1. The number of aromatic nitrogens is 1. The van der Waals surface area contributed by atoms with Crippen molar-refractivity contribution in [3.05, 3.63) is 84.1 Å². The van der Waals surface area contributed by atoms with Gasteiger partial charge in [0, 0.05) is 42.9 Å². The van der Waals surface area contributed by atoms with Crippen LogP contribution in [-0.2, 0) is 41.6 Å². The van der Waals surface area contributed by atoms with Crippen LogP contribution in [0.1, 0.15) is 56.1 Å². The number of aliphatic carboxylic acids is 1. The van der Waals surface area contributed by atoms with Gasteiger partial charge in [0.1, 0.15) is 24.2 Å². The Morgan fingerprint density at radius 1 is 0.684 bits per heavy atom. The van der Waals surface area contributed by atoms with Crippen LogP contribution in [0.2, 0.25) is 0 Å². The summed E-state index contributed by atoms with van der Waals surface area (Å²) in [6.45, 7) is 0.515. The third-order valence-corrected chi connectivity index (χ3v) is 9.39. The Morgan fingerprint density at radius 3 is 2.02 bits per heavy atom. The van der Waals surface area contributed by atoms with Gasteiger partial charge in [-0.2, -0.15) is 0 Å². The summed E-state index contributed by atoms with van der Waals surface area (Å²) in [6, 6.07) is 15.9. The summed E-state index contributed by atoms with van der Waals surface area (Å²) in [4.78, 5) is 85.8. The van der Waals surface area contributed by atoms with Crippen LogP contribution in [0.15, 0.2) is 77.9 Å². The summed E-state index contributed by atoms with van der Waals surface area (Å²) in [5, 5.41) is 22.7. The smallest absolute Gasteiger partial charge is 0.303 e. The molecule has 17 heteroatoms. The molecule has 0 saturated carbocycles. The number of hydrogen-bond donors (Lipinski definition) is 10. The monoisotopic (exact) mass is 784 g/mol. The first-order valence-electron chi connectivity index (χ1n) is 18.8. The highest BCUT2D eigenvalue weighted by atomic mass is 16.4. The molecule has 5 amide bonds. The number of carbonyl (C=O) groups is 6. The fourth-order valence-corrected chi connectivity index (χ4v) is 6.40. The molecular weight excluding hydrogens is 733 g/mol. The van der Waals surface area contributed by atoms with Crippen LogP contribution in [-0.4, -0.2) is 88.8 Å². The number of unbranched alkanes of at least 4 members (excludes halogenated alkanes) is 1. The molecule has 0 aliphatic rings. The van der Waals surface area contributed by atoms with Gasteiger partial charge in [-0.05, 0) is 66.6 Å². The number of carbonyl (C=O) groups excluding carboxylic acids is 5. The number of carboxylic acid groups (broad SMARTS) is 1. The zero-order valence-electron chi connectivity index (χ0n) is 31.7. The molecule has 0 radical (unpaired) electrons. The zero-order chi connectivity index (χ0) is 41.3. The predicted molar refractivity (Wildman–Crippen MR) is 216 cm³/mol. The number of H-pyrrole nitrogens is 1. The van der Waals surface area contributed by atoms with Gasteiger partial charge in [0.15, 0.2) is 5.96 Å². The lowest BCUT2D eigenvalue weighted by Crippen LogP contribution is -2.58. The number of carboxylic acids is 1. The summed E-state index contributed by atoms with van der Waals surface area (Å²) in [7, 11) is 0. The number of nitrogens with two attached hydrogens (primary N) is 4. The average Bonchev–Trinajstić information content (AvgIpc) is 3.59. The number of primary amides is 1. The van der Waals surface area contributed by atoms with E-state index < -0.39 is 66.1 Å². The summed E-state index contributed by atoms with van der Waals surface area (Å²) in [6.07, 6.45) is 2.57. The second-order valence-corrected chi connectivity index (χ2v) is 13.8. The number of fused-ring (bicyclic) bond motifs is 2. The minimum Gasteiger partial charge on any atom is -0.481 e. The Labute approximate surface area is 329 Å². The predicted octanol–water partition coefficient (Wildman–Crippen LogP) is 0.578. The fraction of sp³-hybridized carbons (Fsp3) is 0.375. The van der Waals surface area contributed by atoms with Gasteiger partial charge in [-0.15, -0.1) is 0 Å². The van der Waals surface area contributed by atoms with Crippen LogP contribution in [0.25, 0.3) is 21.7 Å². The van der Waals surface area contributed by atoms with E-state index in [1.807, 2.05) is 66.7 Å². The molecule has 3 aromatic carbocycles. The molecule has 57 heavy (non-hydrogen) atoms. The average molecular weight is 785 g/mol. The first kappa shape index (κ1) is 43.2. The molecule has 17 nitrogen and oxygen atoms in total. The SMILES string of the molecule is NCCCC[C@H](NC(=O)[C@H](Cc1c[nH]c2ccccc12)NC(=O)[C@H](CCCN=C(N)N)NC(=O)[C@@H](Cc1ccc2ccccc2c1)NC(=O)CCC(=O)O)C(N)=O. The Kier molecular flexibility index (Phi) is 16.4. The summed E-state index contributed by atoms with van der Waals surface area (Å²) < 4.78 is 0. The molecule has 14 N–H and O–H groups in total. The molecule has 4 atom stereocenters. The minimum atomic E-state index is -1.25. The normalized spacial score (nSPS) is 13.1. The van der Waals surface area contributed by atoms with Crippen LogP contribution in [0, 0.1) is 0 Å². The van der Waals surface area contributed by atoms with Crippen molar-refractivity contribution in [2.75, 3.05) is 13.1 Å². The van der Waals surface area contributed by atoms with Crippen molar-refractivity contribution in [2.45, 2.75) is 82.0 Å². The van der Waals surface area contributed by atoms with Gasteiger partial charge in [-0.1, -0.05) is 60.7 Å². The number of nitrogens with one attached hydrogen (secondary N) is 5. The van der Waals surface area contributed by atoms with E-state index in [2.05, 4.69) is 31.2 Å². The van der Waals surface area contributed by atoms with E-state index in [1.54, 1.807) is 6.20 Å². The van der Waals surface area contributed by atoms with Gasteiger partial charge in [0.25, 0.3) is 0 Å². The van der Waals surface area contributed by atoms with Crippen molar-refractivity contribution < 1.29 is 33.9 Å². The highest BCUT2D eigenvalue weighted by Gasteiger charge is 2.32. The second kappa shape index (κ2) is 21.6. The van der Waals surface area contributed by atoms with Crippen molar-refractivity contribution in [3.63, 3.8) is 0 Å². The van der Waals surface area contributed by atoms with Gasteiger partial charge in [-0.3, -0.25) is 33.8 Å². The van der Waals surface area contributed by atoms with E-state index in [1.165, 1.54) is 0 Å². The molecule has 0 saturated heterocycles. The number of hydrogen-bond acceptors (Lipinski definition) is 8. The molecule has 1 heterocycles. The maximum atomic E-state index is 14.2. The second-order valence-electron chi connectivity index (χ2n) is 13.8. The maximum Gasteiger partial charge on any atom is 0.303 e. The van der Waals surface area contributed by atoms with E-state index >= 15 is 0 Å². The molecule has 1 aromatic heterocycles. The third-order valence-electron chi connectivity index (χ3n) is 9.39. The van der Waals surface area contributed by atoms with Crippen LogP contribution >= 0.6 is 0 Å². The molecule has 0 unspecified atom stereocenters. The Bertz CT molecular complexity index is 2060. The molecule has 0 bridgehead atoms. The van der Waals surface area contributed by atoms with E-state index in [9.17, 15) is 28.8 Å². The number of nitrogens with zero attached hydrogens (tertiary/aromatic N) is 1. The fourth-order valence-electron chi connectivity index (χ4n) is 6.40. The van der Waals surface area contributed by atoms with E-state index in [4.69, 9.17) is 28.0 Å². The third kappa shape index (κ3) is 13.6. The summed E-state index contributed by atoms with van der Waals surface area (Å²) in [5.74, 6) is -4.87. The molecule has 0 aliphatic carbocycles. The lowest BCUT2D eigenvalue weighted by atomic mass is 10.00. The Balaban J connectivity index is 1.62. The standard InChI is InChI=1S/C40H52N10O7/c41-18-6-5-12-30(36(42)54)48-39(57)33(22-27-23-46-29-11-4-3-10-28(27)29)50-37(55)31(13-7-19-45-40(43)44)49-38(56)32(47-34(51)16-17-35(52)53)21-24-14-15-25-8-1-2-9-26(25)20-24/h1-4,8-11,14-15,20,23,30-33,46H,5-7,12-13,16-19,21-22,41H2,(H2,42,54)(H,47,51)(H,48,57)(H,49,56)(H,50,55)(H,52,53)(H4,43,44,45)/t30-,31-,32+,33-/m0/s1. The number of aromatic amines is 1. The van der Waals surface area contributed by atoms with Crippen LogP contribution in [0.5, 0.6) is 0 Å². The van der Waals surface area contributed by atoms with Gasteiger partial charge in [0.05, 0.1) is 6.42 Å². The lowest BCUT2D eigenvalue weighted by Gasteiger charge is -2.26. The topological polar surface area (TPSA) is 303 Å². The number of amides is 5. The van der Waals surface area contributed by atoms with Crippen LogP contribution in [0.4, 0.5) is 0 Å². The van der Waals surface area contributed by atoms with Crippen LogP contribution in [0.3, 0.4) is 0 Å². The lowest BCUT2D eigenvalue weighted by molar-refractivity contribution is -0.139. The zero-order valence-corrected chi connectivity index (χ0v) is 31.7. The number of para-hydroxylation sites is 1. The highest BCUT2D eigenvalue weighted by Crippen LogP contribution is 2.20. The van der Waals surface area contributed by atoms with Gasteiger partial charge in [-0.25, -0.2) is 0 Å². The summed E-state index contributed by atoms with van der Waals surface area (Å²) >= 11 is 0. The van der Waals surface area contributed by atoms with Crippen molar-refractivity contribution in [1.29, 1.82) is 0 Å². The first-order valence-corrected chi connectivity index (χ1v) is 18.8. The van der Waals surface area contributed by atoms with Gasteiger partial charge in [0.2, 0.25) is 29.5 Å². The van der Waals surface area contributed by atoms with Crippen molar-refractivity contribution in [2.24, 2.45) is 27.9 Å². The van der Waals surface area contributed by atoms with Crippen molar-refractivity contribution in [1.82, 2.24) is 26.3 Å². The van der Waals surface area contributed by atoms with E-state index in [0.717, 1.165) is 21.7 Å². The quantitative estimate of drug-likeness (QED) is 0.0283. The molecule has 0 fully saturated rings. The molecule has 4 rings (SSSR count). The number of guanidine groups is 1. The highest BCUT2D eigenvalue weighted by molar-refractivity contribution is 5.96. The van der Waals surface area contributed by atoms with E-state index in [0.29, 0.717) is 30.5 Å². The molecule has 0 aliphatic heterocycles. The number of rotatable bonds is 23. The summed E-state index contributed by atoms with van der Waals surface area (Å²) in [5.41, 5.74) is 24.5. The van der Waals surface area contributed by atoms with Crippen molar-refractivity contribution >= 4 is 63.1 Å². The minimum absolute atomic E-state index is 0.00869. The van der Waals surface area contributed by atoms with Crippen molar-refractivity contribution in [3.8, 4) is 0 Å². The Morgan fingerprint density at radius 2 is 1.32 bits per heavy atom. The van der Waals surface area contributed by atoms with Gasteiger partial charge >= 0.3 is 5.97 Å². The number of benzene rings is 3. The van der Waals surface area contributed by atoms with Gasteiger partial charge < -0.3 is 54.3 Å². The van der Waals surface area contributed by atoms with E-state index in [-0.39, 0.29) is 51.0 Å². The maximum absolute atomic E-state index is 14.2.